The third kappa shape index (κ3) is 2.96. The molecule has 1 N–H and O–H groups in total. The predicted octanol–water partition coefficient (Wildman–Crippen LogP) is 3.83. The quantitative estimate of drug-likeness (QED) is 0.935. The van der Waals surface area contributed by atoms with Crippen LogP contribution in [0.25, 0.3) is 0 Å². The first-order valence-electron chi connectivity index (χ1n) is 5.73. The molecule has 0 radical (unpaired) electrons. The summed E-state index contributed by atoms with van der Waals surface area (Å²) in [5.41, 5.74) is 1.15. The van der Waals surface area contributed by atoms with E-state index in [2.05, 4.69) is 4.98 Å². The fraction of sp³-hybridized carbons (Fsp3) is 0.143. The molecule has 3 nitrogen and oxygen atoms in total. The molecule has 1 heterocycles. The molecule has 0 amide bonds. The van der Waals surface area contributed by atoms with Crippen LogP contribution >= 0.6 is 11.8 Å². The van der Waals surface area contributed by atoms with Crippen LogP contribution in [0.4, 0.5) is 8.78 Å². The first-order valence-corrected chi connectivity index (χ1v) is 6.54. The van der Waals surface area contributed by atoms with Gasteiger partial charge in [0, 0.05) is 5.69 Å². The number of carbonyl (C=O) groups is 1. The van der Waals surface area contributed by atoms with Gasteiger partial charge in [0.2, 0.25) is 0 Å². The average molecular weight is 295 g/mol. The number of aryl methyl sites for hydroxylation is 2. The molecule has 0 aliphatic rings. The summed E-state index contributed by atoms with van der Waals surface area (Å²) in [5.74, 6) is -2.35. The molecule has 6 heteroatoms. The number of carboxylic acid groups (broad SMARTS) is 1. The number of rotatable bonds is 3. The molecule has 1 aromatic heterocycles. The fourth-order valence-corrected chi connectivity index (χ4v) is 2.88. The Hall–Kier alpha value is -1.95. The average Bonchev–Trinajstić information content (AvgIpc) is 2.32. The van der Waals surface area contributed by atoms with Crippen LogP contribution in [0, 0.1) is 25.5 Å². The molecule has 1 aromatic carbocycles. The maximum absolute atomic E-state index is 13.6. The van der Waals surface area contributed by atoms with Gasteiger partial charge in [-0.1, -0.05) is 11.8 Å². The van der Waals surface area contributed by atoms with Gasteiger partial charge in [0.15, 0.2) is 0 Å². The van der Waals surface area contributed by atoms with E-state index in [4.69, 9.17) is 0 Å². The van der Waals surface area contributed by atoms with E-state index in [-0.39, 0.29) is 15.5 Å². The van der Waals surface area contributed by atoms with Crippen molar-refractivity contribution in [1.82, 2.24) is 4.98 Å². The van der Waals surface area contributed by atoms with Crippen LogP contribution in [-0.4, -0.2) is 16.1 Å². The molecule has 0 bridgehead atoms. The summed E-state index contributed by atoms with van der Waals surface area (Å²) in [4.78, 5) is 15.4. The van der Waals surface area contributed by atoms with Gasteiger partial charge in [-0.3, -0.25) is 0 Å². The second-order valence-corrected chi connectivity index (χ2v) is 5.27. The van der Waals surface area contributed by atoms with Gasteiger partial charge in [0.1, 0.15) is 16.7 Å². The van der Waals surface area contributed by atoms with Gasteiger partial charge in [-0.15, -0.1) is 0 Å². The van der Waals surface area contributed by atoms with Crippen molar-refractivity contribution >= 4 is 17.7 Å². The minimum absolute atomic E-state index is 0.00395. The van der Waals surface area contributed by atoms with Crippen LogP contribution in [0.2, 0.25) is 0 Å². The summed E-state index contributed by atoms with van der Waals surface area (Å²) in [5, 5.41) is 9.37. The molecule has 20 heavy (non-hydrogen) atoms. The molecular formula is C14H11F2NO2S. The van der Waals surface area contributed by atoms with Crippen molar-refractivity contribution in [3.8, 4) is 0 Å². The van der Waals surface area contributed by atoms with E-state index >= 15 is 0 Å². The Morgan fingerprint density at radius 3 is 2.60 bits per heavy atom. The molecule has 0 unspecified atom stereocenters. The normalized spacial score (nSPS) is 10.6. The lowest BCUT2D eigenvalue weighted by molar-refractivity contribution is 0.0691. The van der Waals surface area contributed by atoms with Gasteiger partial charge in [-0.2, -0.15) is 0 Å². The molecule has 0 aliphatic carbocycles. The monoisotopic (exact) mass is 295 g/mol. The van der Waals surface area contributed by atoms with E-state index in [1.165, 1.54) is 0 Å². The van der Waals surface area contributed by atoms with Crippen molar-refractivity contribution in [2.45, 2.75) is 23.8 Å². The van der Waals surface area contributed by atoms with Crippen LogP contribution in [0.15, 0.2) is 34.2 Å². The summed E-state index contributed by atoms with van der Waals surface area (Å²) in [7, 11) is 0. The van der Waals surface area contributed by atoms with Gasteiger partial charge in [0.05, 0.1) is 10.5 Å². The van der Waals surface area contributed by atoms with Crippen LogP contribution in [0.1, 0.15) is 21.6 Å². The standard InChI is InChI=1S/C14H11F2NO2S/c1-7-5-8(2)17-13(12(7)14(18)19)20-11-6-9(15)3-4-10(11)16/h3-6H,1-2H3,(H,18,19). The molecule has 2 rings (SSSR count). The van der Waals surface area contributed by atoms with Crippen LogP contribution in [-0.2, 0) is 0 Å². The zero-order valence-corrected chi connectivity index (χ0v) is 11.6. The van der Waals surface area contributed by atoms with E-state index in [1.807, 2.05) is 0 Å². The number of aromatic nitrogens is 1. The van der Waals surface area contributed by atoms with E-state index in [1.54, 1.807) is 19.9 Å². The highest BCUT2D eigenvalue weighted by molar-refractivity contribution is 7.99. The number of carboxylic acids is 1. The van der Waals surface area contributed by atoms with Gasteiger partial charge in [-0.05, 0) is 43.7 Å². The van der Waals surface area contributed by atoms with Gasteiger partial charge >= 0.3 is 5.97 Å². The SMILES string of the molecule is Cc1cc(C)c(C(=O)O)c(Sc2cc(F)ccc2F)n1. The molecule has 104 valence electrons. The Kier molecular flexibility index (Phi) is 4.04. The molecule has 0 aliphatic heterocycles. The maximum Gasteiger partial charge on any atom is 0.338 e. The van der Waals surface area contributed by atoms with Crippen molar-refractivity contribution in [3.05, 3.63) is 52.7 Å². The van der Waals surface area contributed by atoms with Gasteiger partial charge in [0.25, 0.3) is 0 Å². The molecule has 0 saturated carbocycles. The number of nitrogens with zero attached hydrogens (tertiary/aromatic N) is 1. The van der Waals surface area contributed by atoms with Crippen molar-refractivity contribution in [1.29, 1.82) is 0 Å². The van der Waals surface area contributed by atoms with Gasteiger partial charge in [-0.25, -0.2) is 18.6 Å². The first kappa shape index (κ1) is 14.5. The number of hydrogen-bond acceptors (Lipinski definition) is 3. The topological polar surface area (TPSA) is 50.2 Å². The Bertz CT molecular complexity index is 689. The number of pyridine rings is 1. The number of hydrogen-bond donors (Lipinski definition) is 1. The fourth-order valence-electron chi connectivity index (χ4n) is 1.80. The van der Waals surface area contributed by atoms with Crippen molar-refractivity contribution in [3.63, 3.8) is 0 Å². The largest absolute Gasteiger partial charge is 0.478 e. The first-order chi connectivity index (χ1) is 9.38. The van der Waals surface area contributed by atoms with Crippen molar-refractivity contribution in [2.75, 3.05) is 0 Å². The van der Waals surface area contributed by atoms with Crippen LogP contribution in [0.3, 0.4) is 0 Å². The summed E-state index contributed by atoms with van der Waals surface area (Å²) in [6.07, 6.45) is 0. The smallest absolute Gasteiger partial charge is 0.338 e. The highest BCUT2D eigenvalue weighted by Crippen LogP contribution is 2.32. The van der Waals surface area contributed by atoms with E-state index in [0.29, 0.717) is 11.3 Å². The lowest BCUT2D eigenvalue weighted by atomic mass is 10.1. The van der Waals surface area contributed by atoms with Crippen molar-refractivity contribution in [2.24, 2.45) is 0 Å². The Morgan fingerprint density at radius 2 is 1.95 bits per heavy atom. The predicted molar refractivity (Wildman–Crippen MR) is 71.2 cm³/mol. The Morgan fingerprint density at radius 1 is 1.25 bits per heavy atom. The van der Waals surface area contributed by atoms with E-state index < -0.39 is 17.6 Å². The zero-order chi connectivity index (χ0) is 14.9. The van der Waals surface area contributed by atoms with E-state index in [0.717, 1.165) is 30.0 Å². The number of benzene rings is 1. The van der Waals surface area contributed by atoms with Crippen LogP contribution < -0.4 is 0 Å². The highest BCUT2D eigenvalue weighted by Gasteiger charge is 2.18. The maximum atomic E-state index is 13.6. The molecule has 0 spiro atoms. The summed E-state index contributed by atoms with van der Waals surface area (Å²) >= 11 is 0.805. The second-order valence-electron chi connectivity index (χ2n) is 4.24. The second kappa shape index (κ2) is 5.58. The lowest BCUT2D eigenvalue weighted by Crippen LogP contribution is -2.05. The lowest BCUT2D eigenvalue weighted by Gasteiger charge is -2.09. The van der Waals surface area contributed by atoms with Gasteiger partial charge < -0.3 is 5.11 Å². The molecule has 0 saturated heterocycles. The summed E-state index contributed by atoms with van der Waals surface area (Å²) in [6.45, 7) is 3.36. The minimum Gasteiger partial charge on any atom is -0.478 e. The third-order valence-corrected chi connectivity index (χ3v) is 3.65. The van der Waals surface area contributed by atoms with E-state index in [9.17, 15) is 18.7 Å². The third-order valence-electron chi connectivity index (χ3n) is 2.63. The van der Waals surface area contributed by atoms with Crippen LogP contribution in [0.5, 0.6) is 0 Å². The Labute approximate surface area is 118 Å². The minimum atomic E-state index is -1.14. The molecule has 0 atom stereocenters. The molecule has 2 aromatic rings. The number of halogens is 2. The molecule has 0 fully saturated rings. The summed E-state index contributed by atoms with van der Waals surface area (Å²) in [6, 6.07) is 4.66. The van der Waals surface area contributed by atoms with Crippen molar-refractivity contribution < 1.29 is 18.7 Å². The number of aromatic carboxylic acids is 1. The Balaban J connectivity index is 2.53. The highest BCUT2D eigenvalue weighted by atomic mass is 32.2. The zero-order valence-electron chi connectivity index (χ0n) is 10.8. The molecular weight excluding hydrogens is 284 g/mol. The summed E-state index contributed by atoms with van der Waals surface area (Å²) < 4.78 is 26.8.